The number of aromatic nitrogens is 2. The maximum atomic E-state index is 12.4. The molecule has 2 heterocycles. The lowest BCUT2D eigenvalue weighted by Gasteiger charge is -2.27. The molecule has 1 saturated heterocycles. The molecular weight excluding hydrogens is 225 g/mol. The molecule has 0 radical (unpaired) electrons. The second-order valence-electron chi connectivity index (χ2n) is 3.76. The van der Waals surface area contributed by atoms with E-state index in [9.17, 15) is 13.2 Å². The average Bonchev–Trinajstić information content (AvgIpc) is 2.64. The number of nitrogens with zero attached hydrogens (tertiary/aromatic N) is 3. The van der Waals surface area contributed by atoms with Crippen LogP contribution in [0, 0.1) is 5.92 Å². The van der Waals surface area contributed by atoms with Gasteiger partial charge in [0.05, 0.1) is 23.8 Å². The van der Waals surface area contributed by atoms with Gasteiger partial charge in [-0.05, 0) is 12.8 Å². The van der Waals surface area contributed by atoms with E-state index in [1.54, 1.807) is 5.01 Å². The van der Waals surface area contributed by atoms with Crippen molar-refractivity contribution in [2.75, 3.05) is 18.1 Å². The second-order valence-corrected chi connectivity index (χ2v) is 3.76. The largest absolute Gasteiger partial charge is 0.660 e. The number of rotatable bonds is 1. The molecule has 1 aliphatic heterocycles. The number of halogens is 3. The Hall–Kier alpha value is -1.47. The van der Waals surface area contributed by atoms with Crippen molar-refractivity contribution in [1.29, 1.82) is 0 Å². The summed E-state index contributed by atoms with van der Waals surface area (Å²) in [6, 6.07) is 0. The Kier molecular flexibility index (Phi) is 2.64. The Morgan fingerprint density at radius 1 is 1.44 bits per heavy atom. The molecule has 8 heteroatoms. The zero-order valence-electron chi connectivity index (χ0n) is 8.37. The summed E-state index contributed by atoms with van der Waals surface area (Å²) in [5, 5.41) is 5.15. The smallest absolute Gasteiger partial charge is 0.391 e. The molecule has 1 N–H and O–H groups in total. The maximum Gasteiger partial charge on any atom is 0.391 e. The lowest BCUT2D eigenvalue weighted by molar-refractivity contribution is -0.759. The minimum absolute atomic E-state index is 0.0523. The van der Waals surface area contributed by atoms with Crippen LogP contribution in [0.2, 0.25) is 0 Å². The van der Waals surface area contributed by atoms with Crippen molar-refractivity contribution in [1.82, 2.24) is 5.27 Å². The van der Waals surface area contributed by atoms with Crippen LogP contribution in [0.4, 0.5) is 19.1 Å². The molecule has 1 aromatic heterocycles. The van der Waals surface area contributed by atoms with Gasteiger partial charge in [-0.2, -0.15) is 18.2 Å². The quantitative estimate of drug-likeness (QED) is 0.695. The molecule has 0 unspecified atom stereocenters. The van der Waals surface area contributed by atoms with Crippen molar-refractivity contribution in [3.8, 4) is 0 Å². The molecule has 1 aromatic rings. The van der Waals surface area contributed by atoms with Crippen LogP contribution in [0.25, 0.3) is 5.73 Å². The number of alkyl halides is 3. The molecule has 1 aliphatic rings. The van der Waals surface area contributed by atoms with Crippen LogP contribution in [0.15, 0.2) is 10.7 Å². The number of piperidine rings is 1. The highest BCUT2D eigenvalue weighted by Crippen LogP contribution is 2.33. The molecule has 0 spiro atoms. The Labute approximate surface area is 89.5 Å². The van der Waals surface area contributed by atoms with E-state index >= 15 is 0 Å². The number of hydrogen-bond acceptors (Lipinski definition) is 3. The van der Waals surface area contributed by atoms with Crippen LogP contribution in [0.5, 0.6) is 0 Å². The van der Waals surface area contributed by atoms with Gasteiger partial charge in [0, 0.05) is 0 Å². The molecule has 5 nitrogen and oxygen atoms in total. The average molecular weight is 236 g/mol. The third kappa shape index (κ3) is 2.20. The van der Waals surface area contributed by atoms with Gasteiger partial charge < -0.3 is 10.3 Å². The van der Waals surface area contributed by atoms with E-state index in [1.165, 1.54) is 11.0 Å². The third-order valence-electron chi connectivity index (χ3n) is 2.68. The third-order valence-corrected chi connectivity index (χ3v) is 2.68. The van der Waals surface area contributed by atoms with E-state index in [2.05, 4.69) is 9.79 Å². The monoisotopic (exact) mass is 236 g/mol. The summed E-state index contributed by atoms with van der Waals surface area (Å²) < 4.78 is 41.7. The first kappa shape index (κ1) is 11.0. The van der Waals surface area contributed by atoms with Gasteiger partial charge in [0.1, 0.15) is 5.88 Å². The Morgan fingerprint density at radius 2 is 2.06 bits per heavy atom. The first-order chi connectivity index (χ1) is 7.47. The zero-order valence-corrected chi connectivity index (χ0v) is 8.37. The highest BCUT2D eigenvalue weighted by Gasteiger charge is 2.42. The molecule has 90 valence electrons. The van der Waals surface area contributed by atoms with Crippen LogP contribution < -0.4 is 9.80 Å². The fraction of sp³-hybridized carbons (Fsp3) is 0.750. The number of hydrogen-bond donors (Lipinski definition) is 0. The highest BCUT2D eigenvalue weighted by atomic mass is 19.4. The minimum Gasteiger partial charge on any atom is -0.660 e. The lowest BCUT2D eigenvalue weighted by atomic mass is 9.97. The fourth-order valence-electron chi connectivity index (χ4n) is 1.77. The van der Waals surface area contributed by atoms with Gasteiger partial charge in [-0.25, -0.2) is 0 Å². The molecule has 0 aromatic carbocycles. The van der Waals surface area contributed by atoms with Crippen LogP contribution in [-0.2, 0) is 0 Å². The molecule has 0 saturated carbocycles. The molecule has 0 aliphatic carbocycles. The van der Waals surface area contributed by atoms with Crippen LogP contribution in [0.3, 0.4) is 0 Å². The standard InChI is InChI=1S/C8H11F3N4O/c9-8(10,11)6-1-3-14(4-2-6)15-5-7(12)16-13-15/h5-6,12H,1-4H2. The van der Waals surface area contributed by atoms with Gasteiger partial charge in [0.2, 0.25) is 5.27 Å². The SMILES string of the molecule is [NH-]c1c[n+](N2CCC(C(F)(F)F)CC2)no1. The molecule has 0 amide bonds. The first-order valence-electron chi connectivity index (χ1n) is 4.89. The summed E-state index contributed by atoms with van der Waals surface area (Å²) >= 11 is 0. The molecular formula is C8H11F3N4O. The van der Waals surface area contributed by atoms with Gasteiger partial charge >= 0.3 is 6.18 Å². The van der Waals surface area contributed by atoms with Gasteiger partial charge in [0.15, 0.2) is 0 Å². The van der Waals surface area contributed by atoms with Gasteiger partial charge in [-0.15, -0.1) is 0 Å². The lowest BCUT2D eigenvalue weighted by Crippen LogP contribution is -2.62. The van der Waals surface area contributed by atoms with Crippen molar-refractivity contribution >= 4 is 5.88 Å². The fourth-order valence-corrected chi connectivity index (χ4v) is 1.77. The van der Waals surface area contributed by atoms with Crippen LogP contribution >= 0.6 is 0 Å². The molecule has 1 fully saturated rings. The van der Waals surface area contributed by atoms with Crippen molar-refractivity contribution < 1.29 is 22.5 Å². The Bertz CT molecular complexity index is 356. The van der Waals surface area contributed by atoms with Crippen molar-refractivity contribution in [3.63, 3.8) is 0 Å². The van der Waals surface area contributed by atoms with Crippen LogP contribution in [-0.4, -0.2) is 24.5 Å². The van der Waals surface area contributed by atoms with E-state index in [4.69, 9.17) is 5.73 Å². The maximum absolute atomic E-state index is 12.4. The predicted molar refractivity (Wildman–Crippen MR) is 47.4 cm³/mol. The van der Waals surface area contributed by atoms with E-state index in [0.29, 0.717) is 0 Å². The summed E-state index contributed by atoms with van der Waals surface area (Å²) in [7, 11) is 0. The Morgan fingerprint density at radius 3 is 2.50 bits per heavy atom. The minimum atomic E-state index is -4.11. The topological polar surface area (TPSA) is 57.0 Å². The van der Waals surface area contributed by atoms with E-state index in [1.807, 2.05) is 0 Å². The normalized spacial score (nSPS) is 19.1. The van der Waals surface area contributed by atoms with E-state index in [0.717, 1.165) is 0 Å². The summed E-state index contributed by atoms with van der Waals surface area (Å²) in [4.78, 5) is 1.29. The van der Waals surface area contributed by atoms with E-state index in [-0.39, 0.29) is 31.8 Å². The zero-order chi connectivity index (χ0) is 11.8. The highest BCUT2D eigenvalue weighted by molar-refractivity contribution is 5.19. The van der Waals surface area contributed by atoms with Gasteiger partial charge in [0.25, 0.3) is 6.20 Å². The Balaban J connectivity index is 1.95. The van der Waals surface area contributed by atoms with E-state index < -0.39 is 12.1 Å². The molecule has 0 atom stereocenters. The summed E-state index contributed by atoms with van der Waals surface area (Å²) in [6.45, 7) is 0.529. The van der Waals surface area contributed by atoms with Crippen molar-refractivity contribution in [2.24, 2.45) is 5.92 Å². The van der Waals surface area contributed by atoms with Crippen LogP contribution in [0.1, 0.15) is 12.8 Å². The summed E-state index contributed by atoms with van der Waals surface area (Å²) in [6.07, 6.45) is -2.68. The summed E-state index contributed by atoms with van der Waals surface area (Å²) in [5.41, 5.74) is 7.12. The summed E-state index contributed by atoms with van der Waals surface area (Å²) in [5.74, 6) is -1.34. The first-order valence-corrected chi connectivity index (χ1v) is 4.89. The molecule has 2 rings (SSSR count). The molecule has 16 heavy (non-hydrogen) atoms. The van der Waals surface area contributed by atoms with Gasteiger partial charge in [-0.1, -0.05) is 0 Å². The second kappa shape index (κ2) is 3.84. The molecule has 0 bridgehead atoms. The van der Waals surface area contributed by atoms with Crippen molar-refractivity contribution in [3.05, 3.63) is 11.9 Å². The van der Waals surface area contributed by atoms with Gasteiger partial charge in [-0.3, -0.25) is 0 Å². The predicted octanol–water partition coefficient (Wildman–Crippen LogP) is 1.56. The van der Waals surface area contributed by atoms with Crippen molar-refractivity contribution in [2.45, 2.75) is 19.0 Å². The number of nitrogens with one attached hydrogen (secondary N) is 1.